The van der Waals surface area contributed by atoms with Crippen molar-refractivity contribution in [3.63, 3.8) is 0 Å². The molecule has 1 heterocycles. The number of rotatable bonds is 5. The van der Waals surface area contributed by atoms with Gasteiger partial charge in [-0.15, -0.1) is 10.2 Å². The van der Waals surface area contributed by atoms with Gasteiger partial charge in [0.25, 0.3) is 5.91 Å². The van der Waals surface area contributed by atoms with Gasteiger partial charge in [0.15, 0.2) is 0 Å². The Hall–Kier alpha value is -2.28. The van der Waals surface area contributed by atoms with Crippen molar-refractivity contribution in [2.24, 2.45) is 0 Å². The lowest BCUT2D eigenvalue weighted by atomic mass is 9.87. The summed E-state index contributed by atoms with van der Waals surface area (Å²) in [5.41, 5.74) is 1.74. The highest BCUT2D eigenvalue weighted by atomic mass is 32.1. The summed E-state index contributed by atoms with van der Waals surface area (Å²) in [6.45, 7) is 8.43. The van der Waals surface area contributed by atoms with Gasteiger partial charge < -0.3 is 4.74 Å². The van der Waals surface area contributed by atoms with Crippen LogP contribution < -0.4 is 5.32 Å². The quantitative estimate of drug-likeness (QED) is 0.840. The number of anilines is 1. The van der Waals surface area contributed by atoms with Crippen LogP contribution in [0.2, 0.25) is 0 Å². The number of nitrogens with one attached hydrogen (secondary N) is 1. The Labute approximate surface area is 145 Å². The molecule has 1 aromatic heterocycles. The molecule has 1 amide bonds. The third-order valence-corrected chi connectivity index (χ3v) is 4.14. The van der Waals surface area contributed by atoms with Gasteiger partial charge in [0, 0.05) is 5.56 Å². The van der Waals surface area contributed by atoms with Gasteiger partial charge in [-0.25, -0.2) is 0 Å². The van der Waals surface area contributed by atoms with Crippen molar-refractivity contribution in [3.05, 3.63) is 40.4 Å². The lowest BCUT2D eigenvalue weighted by Gasteiger charge is -2.18. The maximum atomic E-state index is 12.2. The summed E-state index contributed by atoms with van der Waals surface area (Å²) in [5, 5.41) is 11.3. The molecular weight excluding hydrogens is 326 g/mol. The predicted octanol–water partition coefficient (Wildman–Crippen LogP) is 3.19. The van der Waals surface area contributed by atoms with Crippen LogP contribution in [0.1, 0.15) is 48.6 Å². The standard InChI is InChI=1S/C17H21N3O3S/c1-5-23-14(21)10-13-19-20-16(24-13)18-15(22)11-6-8-12(9-7-11)17(2,3)4/h6-9H,5,10H2,1-4H3,(H,18,20,22). The molecule has 0 aliphatic heterocycles. The van der Waals surface area contributed by atoms with Crippen LogP contribution in [0.3, 0.4) is 0 Å². The van der Waals surface area contributed by atoms with Gasteiger partial charge in [-0.05, 0) is 30.0 Å². The molecule has 0 saturated carbocycles. The fourth-order valence-electron chi connectivity index (χ4n) is 2.00. The minimum Gasteiger partial charge on any atom is -0.466 e. The largest absolute Gasteiger partial charge is 0.466 e. The van der Waals surface area contributed by atoms with Crippen molar-refractivity contribution in [2.75, 3.05) is 11.9 Å². The van der Waals surface area contributed by atoms with Crippen LogP contribution in [-0.2, 0) is 21.4 Å². The van der Waals surface area contributed by atoms with Gasteiger partial charge in [0.05, 0.1) is 13.0 Å². The van der Waals surface area contributed by atoms with Crippen molar-refractivity contribution >= 4 is 28.3 Å². The van der Waals surface area contributed by atoms with E-state index in [0.717, 1.165) is 16.9 Å². The lowest BCUT2D eigenvalue weighted by molar-refractivity contribution is -0.142. The molecule has 6 nitrogen and oxygen atoms in total. The number of amides is 1. The number of benzene rings is 1. The SMILES string of the molecule is CCOC(=O)Cc1nnc(NC(=O)c2ccc(C(C)(C)C)cc2)s1. The number of nitrogens with zero attached hydrogens (tertiary/aromatic N) is 2. The molecule has 1 N–H and O–H groups in total. The first-order valence-corrected chi connectivity index (χ1v) is 8.51. The van der Waals surface area contributed by atoms with E-state index in [1.165, 1.54) is 0 Å². The topological polar surface area (TPSA) is 81.2 Å². The van der Waals surface area contributed by atoms with Crippen molar-refractivity contribution in [1.82, 2.24) is 10.2 Å². The number of aromatic nitrogens is 2. The van der Waals surface area contributed by atoms with E-state index in [4.69, 9.17) is 4.74 Å². The maximum absolute atomic E-state index is 12.2. The van der Waals surface area contributed by atoms with E-state index in [2.05, 4.69) is 36.3 Å². The summed E-state index contributed by atoms with van der Waals surface area (Å²) >= 11 is 1.16. The van der Waals surface area contributed by atoms with Crippen molar-refractivity contribution in [1.29, 1.82) is 0 Å². The third-order valence-electron chi connectivity index (χ3n) is 3.30. The summed E-state index contributed by atoms with van der Waals surface area (Å²) in [6, 6.07) is 7.47. The molecule has 7 heteroatoms. The van der Waals surface area contributed by atoms with E-state index in [-0.39, 0.29) is 23.7 Å². The zero-order valence-corrected chi connectivity index (χ0v) is 15.1. The highest BCUT2D eigenvalue weighted by Gasteiger charge is 2.16. The smallest absolute Gasteiger partial charge is 0.312 e. The van der Waals surface area contributed by atoms with Crippen LogP contribution in [0.25, 0.3) is 0 Å². The molecule has 0 aliphatic carbocycles. The highest BCUT2D eigenvalue weighted by Crippen LogP contribution is 2.23. The third kappa shape index (κ3) is 4.86. The fraction of sp³-hybridized carbons (Fsp3) is 0.412. The van der Waals surface area contributed by atoms with Crippen molar-refractivity contribution in [2.45, 2.75) is 39.5 Å². The van der Waals surface area contributed by atoms with Gasteiger partial charge in [-0.3, -0.25) is 14.9 Å². The summed E-state index contributed by atoms with van der Waals surface area (Å²) in [4.78, 5) is 23.7. The number of ether oxygens (including phenoxy) is 1. The summed E-state index contributed by atoms with van der Waals surface area (Å²) in [7, 11) is 0. The first-order chi connectivity index (χ1) is 11.3. The molecule has 0 unspecified atom stereocenters. The molecular formula is C17H21N3O3S. The van der Waals surface area contributed by atoms with Crippen LogP contribution in [0.15, 0.2) is 24.3 Å². The molecule has 0 fully saturated rings. The van der Waals surface area contributed by atoms with Gasteiger partial charge in [-0.1, -0.05) is 44.2 Å². The monoisotopic (exact) mass is 347 g/mol. The van der Waals surface area contributed by atoms with Crippen LogP contribution in [0.4, 0.5) is 5.13 Å². The average Bonchev–Trinajstić information content (AvgIpc) is 2.93. The van der Waals surface area contributed by atoms with Crippen molar-refractivity contribution in [3.8, 4) is 0 Å². The number of carbonyl (C=O) groups is 2. The molecule has 1 aromatic carbocycles. The summed E-state index contributed by atoms with van der Waals surface area (Å²) in [5.74, 6) is -0.612. The molecule has 0 radical (unpaired) electrons. The number of carbonyl (C=O) groups excluding carboxylic acids is 2. The van der Waals surface area contributed by atoms with E-state index in [1.54, 1.807) is 19.1 Å². The Bertz CT molecular complexity index is 717. The van der Waals surface area contributed by atoms with Crippen molar-refractivity contribution < 1.29 is 14.3 Å². The first kappa shape index (κ1) is 18.1. The van der Waals surface area contributed by atoms with E-state index < -0.39 is 0 Å². The van der Waals surface area contributed by atoms with Crippen LogP contribution in [0.5, 0.6) is 0 Å². The van der Waals surface area contributed by atoms with Gasteiger partial charge >= 0.3 is 5.97 Å². The molecule has 2 rings (SSSR count). The number of hydrogen-bond donors (Lipinski definition) is 1. The minimum absolute atomic E-state index is 0.0379. The molecule has 0 aliphatic rings. The Balaban J connectivity index is 2.00. The Morgan fingerprint density at radius 2 is 1.83 bits per heavy atom. The predicted molar refractivity (Wildman–Crippen MR) is 93.3 cm³/mol. The molecule has 2 aromatic rings. The summed E-state index contributed by atoms with van der Waals surface area (Å²) in [6.07, 6.45) is 0.0572. The average molecular weight is 347 g/mol. The van der Waals surface area contributed by atoms with E-state index in [1.807, 2.05) is 12.1 Å². The molecule has 0 bridgehead atoms. The molecule has 0 atom stereocenters. The van der Waals surface area contributed by atoms with E-state index in [9.17, 15) is 9.59 Å². The minimum atomic E-state index is -0.357. The first-order valence-electron chi connectivity index (χ1n) is 7.69. The fourth-order valence-corrected chi connectivity index (χ4v) is 2.72. The summed E-state index contributed by atoms with van der Waals surface area (Å²) < 4.78 is 4.86. The van der Waals surface area contributed by atoms with Crippen LogP contribution in [-0.4, -0.2) is 28.7 Å². The normalized spacial score (nSPS) is 11.2. The van der Waals surface area contributed by atoms with Gasteiger partial charge in [0.1, 0.15) is 5.01 Å². The molecule has 0 spiro atoms. The zero-order chi connectivity index (χ0) is 17.7. The van der Waals surface area contributed by atoms with Gasteiger partial charge in [-0.2, -0.15) is 0 Å². The molecule has 128 valence electrons. The maximum Gasteiger partial charge on any atom is 0.312 e. The van der Waals surface area contributed by atoms with E-state index in [0.29, 0.717) is 22.3 Å². The molecule has 0 saturated heterocycles. The van der Waals surface area contributed by atoms with Crippen LogP contribution in [0, 0.1) is 0 Å². The zero-order valence-electron chi connectivity index (χ0n) is 14.3. The van der Waals surface area contributed by atoms with Gasteiger partial charge in [0.2, 0.25) is 5.13 Å². The van der Waals surface area contributed by atoms with E-state index >= 15 is 0 Å². The Kier molecular flexibility index (Phi) is 5.66. The highest BCUT2D eigenvalue weighted by molar-refractivity contribution is 7.15. The number of esters is 1. The lowest BCUT2D eigenvalue weighted by Crippen LogP contribution is -2.14. The second-order valence-corrected chi connectivity index (χ2v) is 7.33. The molecule has 24 heavy (non-hydrogen) atoms. The second-order valence-electron chi connectivity index (χ2n) is 6.26. The Morgan fingerprint density at radius 1 is 1.17 bits per heavy atom. The number of hydrogen-bond acceptors (Lipinski definition) is 6. The Morgan fingerprint density at radius 3 is 2.42 bits per heavy atom. The second kappa shape index (κ2) is 7.53. The van der Waals surface area contributed by atoms with Crippen LogP contribution >= 0.6 is 11.3 Å².